The van der Waals surface area contributed by atoms with Gasteiger partial charge < -0.3 is 4.74 Å². The zero-order valence-electron chi connectivity index (χ0n) is 8.53. The Kier molecular flexibility index (Phi) is 4.73. The van der Waals surface area contributed by atoms with E-state index in [0.29, 0.717) is 0 Å². The summed E-state index contributed by atoms with van der Waals surface area (Å²) in [6, 6.07) is 3.41. The Labute approximate surface area is 111 Å². The molecule has 1 aromatic rings. The van der Waals surface area contributed by atoms with Crippen LogP contribution in [0.1, 0.15) is 11.1 Å². The van der Waals surface area contributed by atoms with Crippen LogP contribution in [-0.2, 0) is 14.9 Å². The van der Waals surface area contributed by atoms with E-state index in [-0.39, 0.29) is 17.0 Å². The molecule has 0 unspecified atom stereocenters. The molecule has 9 heteroatoms. The summed E-state index contributed by atoms with van der Waals surface area (Å²) in [7, 11) is 0.916. The molecule has 0 atom stereocenters. The molecular formula is C9H5Cl2F2NO3S. The number of ether oxygens (including phenoxy) is 1. The third-order valence-electron chi connectivity index (χ3n) is 1.92. The monoisotopic (exact) mass is 315 g/mol. The van der Waals surface area contributed by atoms with Gasteiger partial charge in [0.1, 0.15) is 5.75 Å². The minimum atomic E-state index is -4.22. The van der Waals surface area contributed by atoms with Crippen LogP contribution in [0.3, 0.4) is 0 Å². The summed E-state index contributed by atoms with van der Waals surface area (Å²) < 4.78 is 50.7. The van der Waals surface area contributed by atoms with Crippen LogP contribution in [0, 0.1) is 11.3 Å². The maximum absolute atomic E-state index is 12.1. The Morgan fingerprint density at radius 3 is 2.44 bits per heavy atom. The van der Waals surface area contributed by atoms with Crippen LogP contribution in [0.15, 0.2) is 17.0 Å². The van der Waals surface area contributed by atoms with E-state index in [0.717, 1.165) is 12.1 Å². The van der Waals surface area contributed by atoms with Crippen LogP contribution in [0.4, 0.5) is 8.78 Å². The first-order chi connectivity index (χ1) is 8.29. The summed E-state index contributed by atoms with van der Waals surface area (Å²) >= 11 is 5.52. The van der Waals surface area contributed by atoms with Gasteiger partial charge in [-0.3, -0.25) is 0 Å². The van der Waals surface area contributed by atoms with Crippen molar-refractivity contribution in [1.29, 1.82) is 5.26 Å². The number of alkyl halides is 3. The van der Waals surface area contributed by atoms with Gasteiger partial charge >= 0.3 is 6.61 Å². The van der Waals surface area contributed by atoms with Crippen molar-refractivity contribution >= 4 is 31.3 Å². The molecule has 0 spiro atoms. The zero-order chi connectivity index (χ0) is 13.9. The van der Waals surface area contributed by atoms with Crippen LogP contribution in [0.25, 0.3) is 0 Å². The molecule has 0 heterocycles. The third-order valence-corrected chi connectivity index (χ3v) is 3.58. The van der Waals surface area contributed by atoms with E-state index in [1.807, 2.05) is 0 Å². The predicted octanol–water partition coefficient (Wildman–Crippen LogP) is 2.83. The highest BCUT2D eigenvalue weighted by molar-refractivity contribution is 8.13. The maximum Gasteiger partial charge on any atom is 0.387 e. The predicted molar refractivity (Wildman–Crippen MR) is 60.4 cm³/mol. The van der Waals surface area contributed by atoms with Gasteiger partial charge in [0.2, 0.25) is 0 Å². The standard InChI is InChI=1S/C9H5Cl2F2NO3S/c10-3-7-5(4-14)1-6(17-9(12)13)2-8(7)18(11,15)16/h1-2,9H,3H2. The lowest BCUT2D eigenvalue weighted by Crippen LogP contribution is -2.06. The molecule has 0 aliphatic carbocycles. The molecule has 1 rings (SSSR count). The first-order valence-electron chi connectivity index (χ1n) is 4.32. The van der Waals surface area contributed by atoms with E-state index in [1.54, 1.807) is 6.07 Å². The van der Waals surface area contributed by atoms with Gasteiger partial charge in [0.05, 0.1) is 22.4 Å². The molecule has 98 valence electrons. The van der Waals surface area contributed by atoms with E-state index in [9.17, 15) is 17.2 Å². The first-order valence-corrected chi connectivity index (χ1v) is 7.16. The highest BCUT2D eigenvalue weighted by Crippen LogP contribution is 2.30. The number of nitriles is 1. The Bertz CT molecular complexity index is 599. The molecule has 0 N–H and O–H groups in total. The molecule has 1 aromatic carbocycles. The molecule has 0 saturated carbocycles. The van der Waals surface area contributed by atoms with E-state index in [2.05, 4.69) is 4.74 Å². The first kappa shape index (κ1) is 15.0. The number of rotatable bonds is 4. The van der Waals surface area contributed by atoms with E-state index < -0.39 is 26.3 Å². The molecular weight excluding hydrogens is 311 g/mol. The normalized spacial score (nSPS) is 11.3. The average molecular weight is 316 g/mol. The molecule has 0 aromatic heterocycles. The van der Waals surface area contributed by atoms with Crippen molar-refractivity contribution < 1.29 is 21.9 Å². The lowest BCUT2D eigenvalue weighted by molar-refractivity contribution is -0.0500. The molecule has 0 radical (unpaired) electrons. The van der Waals surface area contributed by atoms with Gasteiger partial charge in [0.15, 0.2) is 0 Å². The van der Waals surface area contributed by atoms with E-state index in [1.165, 1.54) is 0 Å². The molecule has 0 aliphatic heterocycles. The minimum Gasteiger partial charge on any atom is -0.435 e. The fourth-order valence-electron chi connectivity index (χ4n) is 1.25. The van der Waals surface area contributed by atoms with Crippen LogP contribution in [-0.4, -0.2) is 15.0 Å². The lowest BCUT2D eigenvalue weighted by atomic mass is 10.1. The van der Waals surface area contributed by atoms with E-state index >= 15 is 0 Å². The van der Waals surface area contributed by atoms with Gasteiger partial charge in [-0.1, -0.05) is 0 Å². The van der Waals surface area contributed by atoms with Gasteiger partial charge in [0, 0.05) is 22.3 Å². The van der Waals surface area contributed by atoms with Crippen LogP contribution in [0.2, 0.25) is 0 Å². The van der Waals surface area contributed by atoms with Crippen molar-refractivity contribution in [3.05, 3.63) is 23.3 Å². The second-order valence-corrected chi connectivity index (χ2v) is 5.81. The van der Waals surface area contributed by atoms with Crippen LogP contribution in [0.5, 0.6) is 5.75 Å². The zero-order valence-corrected chi connectivity index (χ0v) is 10.9. The summed E-state index contributed by atoms with van der Waals surface area (Å²) in [5.41, 5.74) is -0.252. The number of nitrogens with zero attached hydrogens (tertiary/aromatic N) is 1. The Hall–Kier alpha value is -1.10. The van der Waals surface area contributed by atoms with Gasteiger partial charge in [-0.15, -0.1) is 11.6 Å². The third kappa shape index (κ3) is 3.45. The number of halogens is 4. The maximum atomic E-state index is 12.1. The molecule has 4 nitrogen and oxygen atoms in total. The van der Waals surface area contributed by atoms with Gasteiger partial charge in [0.25, 0.3) is 9.05 Å². The SMILES string of the molecule is N#Cc1cc(OC(F)F)cc(S(=O)(=O)Cl)c1CCl. The highest BCUT2D eigenvalue weighted by Gasteiger charge is 2.21. The number of benzene rings is 1. The second-order valence-electron chi connectivity index (χ2n) is 3.01. The van der Waals surface area contributed by atoms with Crippen molar-refractivity contribution in [2.24, 2.45) is 0 Å². The number of hydrogen-bond donors (Lipinski definition) is 0. The summed E-state index contributed by atoms with van der Waals surface area (Å²) in [6.45, 7) is -3.15. The van der Waals surface area contributed by atoms with Crippen molar-refractivity contribution in [2.75, 3.05) is 0 Å². The molecule has 0 bridgehead atoms. The highest BCUT2D eigenvalue weighted by atomic mass is 35.7. The Morgan fingerprint density at radius 2 is 2.06 bits per heavy atom. The van der Waals surface area contributed by atoms with Crippen molar-refractivity contribution in [3.8, 4) is 11.8 Å². The summed E-state index contributed by atoms with van der Waals surface area (Å²) in [5, 5.41) is 8.81. The molecule has 0 amide bonds. The minimum absolute atomic E-state index is 0.0595. The Balaban J connectivity index is 3.52. The summed E-state index contributed by atoms with van der Waals surface area (Å²) in [6.07, 6.45) is 0. The molecule has 18 heavy (non-hydrogen) atoms. The van der Waals surface area contributed by atoms with Gasteiger partial charge in [-0.05, 0) is 6.07 Å². The van der Waals surface area contributed by atoms with Gasteiger partial charge in [-0.2, -0.15) is 14.0 Å². The van der Waals surface area contributed by atoms with Crippen molar-refractivity contribution in [2.45, 2.75) is 17.4 Å². The quantitative estimate of drug-likeness (QED) is 0.633. The summed E-state index contributed by atoms with van der Waals surface area (Å²) in [4.78, 5) is -0.520. The van der Waals surface area contributed by atoms with Crippen LogP contribution >= 0.6 is 22.3 Å². The van der Waals surface area contributed by atoms with E-state index in [4.69, 9.17) is 27.5 Å². The molecule has 0 saturated heterocycles. The van der Waals surface area contributed by atoms with Crippen molar-refractivity contribution in [3.63, 3.8) is 0 Å². The summed E-state index contributed by atoms with van der Waals surface area (Å²) in [5.74, 6) is -0.784. The topological polar surface area (TPSA) is 67.2 Å². The lowest BCUT2D eigenvalue weighted by Gasteiger charge is -2.10. The second kappa shape index (κ2) is 5.69. The fourth-order valence-corrected chi connectivity index (χ4v) is 2.76. The Morgan fingerprint density at radius 1 is 1.44 bits per heavy atom. The van der Waals surface area contributed by atoms with Gasteiger partial charge in [-0.25, -0.2) is 8.42 Å². The smallest absolute Gasteiger partial charge is 0.387 e. The molecule has 0 fully saturated rings. The average Bonchev–Trinajstić information content (AvgIpc) is 2.25. The largest absolute Gasteiger partial charge is 0.435 e. The number of hydrogen-bond acceptors (Lipinski definition) is 4. The van der Waals surface area contributed by atoms with Crippen LogP contribution < -0.4 is 4.74 Å². The fraction of sp³-hybridized carbons (Fsp3) is 0.222. The molecule has 0 aliphatic rings. The van der Waals surface area contributed by atoms with Crippen molar-refractivity contribution in [1.82, 2.24) is 0 Å².